The van der Waals surface area contributed by atoms with Crippen LogP contribution in [-0.2, 0) is 4.74 Å². The number of fused-ring (bicyclic) bond motifs is 4. The number of likely N-dealkylation sites (tertiary alicyclic amines) is 1. The van der Waals surface area contributed by atoms with Crippen LogP contribution in [0.2, 0.25) is 5.02 Å². The van der Waals surface area contributed by atoms with E-state index in [0.717, 1.165) is 63.2 Å². The van der Waals surface area contributed by atoms with E-state index in [1.807, 2.05) is 78.8 Å². The maximum Gasteiger partial charge on any atom is 0.410 e. The molecule has 2 atom stereocenters. The molecule has 0 spiro atoms. The van der Waals surface area contributed by atoms with Crippen molar-refractivity contribution in [1.82, 2.24) is 34.7 Å². The number of nitrogens with zero attached hydrogens (tertiary/aromatic N) is 7. The highest BCUT2D eigenvalue weighted by atomic mass is 35.5. The summed E-state index contributed by atoms with van der Waals surface area (Å²) in [5.74, 6) is 0. The number of halogens is 1. The Morgan fingerprint density at radius 1 is 1.00 bits per heavy atom. The number of carbonyl (C=O) groups excluding carboxylic acids is 1. The zero-order valence-corrected chi connectivity index (χ0v) is 25.9. The van der Waals surface area contributed by atoms with Crippen LogP contribution in [0.25, 0.3) is 50.2 Å². The number of carbonyl (C=O) groups is 1. The minimum Gasteiger partial charge on any atom is -0.444 e. The highest BCUT2D eigenvalue weighted by Crippen LogP contribution is 2.41. The number of H-pyrrole nitrogens is 1. The van der Waals surface area contributed by atoms with Crippen LogP contribution in [-0.4, -0.2) is 71.5 Å². The summed E-state index contributed by atoms with van der Waals surface area (Å²) in [5, 5.41) is 14.1. The highest BCUT2D eigenvalue weighted by molar-refractivity contribution is 6.33. The Morgan fingerprint density at radius 3 is 2.60 bits per heavy atom. The molecular formula is C34H31ClN8O2. The van der Waals surface area contributed by atoms with Crippen molar-refractivity contribution < 1.29 is 9.53 Å². The van der Waals surface area contributed by atoms with E-state index in [0.29, 0.717) is 17.2 Å². The van der Waals surface area contributed by atoms with Crippen molar-refractivity contribution in [3.63, 3.8) is 0 Å². The molecule has 2 aliphatic heterocycles. The van der Waals surface area contributed by atoms with Gasteiger partial charge in [0.15, 0.2) is 5.65 Å². The van der Waals surface area contributed by atoms with Crippen molar-refractivity contribution in [3.05, 3.63) is 84.4 Å². The number of piperazine rings is 1. The second kappa shape index (κ2) is 10.3. The van der Waals surface area contributed by atoms with E-state index in [1.54, 1.807) is 18.6 Å². The van der Waals surface area contributed by atoms with Crippen LogP contribution in [0.5, 0.6) is 0 Å². The fraction of sp³-hybridized carbons (Fsp3) is 0.265. The number of aromatic amines is 1. The molecule has 6 heterocycles. The lowest BCUT2D eigenvalue weighted by Gasteiger charge is -2.36. The molecular weight excluding hydrogens is 588 g/mol. The van der Waals surface area contributed by atoms with E-state index in [9.17, 15) is 4.79 Å². The van der Waals surface area contributed by atoms with Crippen molar-refractivity contribution in [2.24, 2.45) is 0 Å². The second-order valence-electron chi connectivity index (χ2n) is 12.7. The monoisotopic (exact) mass is 618 g/mol. The van der Waals surface area contributed by atoms with Gasteiger partial charge in [0.05, 0.1) is 34.0 Å². The van der Waals surface area contributed by atoms with E-state index in [4.69, 9.17) is 26.4 Å². The quantitative estimate of drug-likeness (QED) is 0.230. The number of amides is 1. The Balaban J connectivity index is 1.17. The van der Waals surface area contributed by atoms with E-state index >= 15 is 0 Å². The fourth-order valence-electron chi connectivity index (χ4n) is 6.71. The number of nitrogens with one attached hydrogen (secondary N) is 1. The summed E-state index contributed by atoms with van der Waals surface area (Å²) in [7, 11) is 0. The first-order valence-electron chi connectivity index (χ1n) is 15.0. The van der Waals surface area contributed by atoms with Crippen molar-refractivity contribution in [3.8, 4) is 33.6 Å². The molecule has 1 amide bonds. The molecule has 45 heavy (non-hydrogen) atoms. The number of pyridine rings is 1. The van der Waals surface area contributed by atoms with Crippen molar-refractivity contribution >= 4 is 39.9 Å². The van der Waals surface area contributed by atoms with Gasteiger partial charge in [0.1, 0.15) is 11.3 Å². The normalized spacial score (nSPS) is 18.0. The topological polar surface area (TPSA) is 105 Å². The third-order valence-corrected chi connectivity index (χ3v) is 8.97. The van der Waals surface area contributed by atoms with Crippen molar-refractivity contribution in [1.29, 1.82) is 0 Å². The largest absolute Gasteiger partial charge is 0.444 e. The predicted octanol–water partition coefficient (Wildman–Crippen LogP) is 6.85. The molecule has 1 N–H and O–H groups in total. The molecule has 4 aromatic heterocycles. The van der Waals surface area contributed by atoms with Crippen LogP contribution in [0.1, 0.15) is 27.2 Å². The SMILES string of the molecule is CC(C)(C)OC(=O)N1CC2CC1CN2c1ccc(-c2ccnc3c(-c4cccc5[nH]ncc45)c(-c4ccncc4)nn23)c(Cl)c1. The van der Waals surface area contributed by atoms with Gasteiger partial charge >= 0.3 is 6.09 Å². The van der Waals surface area contributed by atoms with Gasteiger partial charge in [-0.1, -0.05) is 23.7 Å². The lowest BCUT2D eigenvalue weighted by Crippen LogP contribution is -2.50. The zero-order chi connectivity index (χ0) is 30.9. The van der Waals surface area contributed by atoms with Gasteiger partial charge in [-0.2, -0.15) is 10.2 Å². The summed E-state index contributed by atoms with van der Waals surface area (Å²) < 4.78 is 7.52. The number of rotatable bonds is 4. The van der Waals surface area contributed by atoms with E-state index < -0.39 is 5.60 Å². The molecule has 2 aromatic carbocycles. The Bertz CT molecular complexity index is 2080. The molecule has 6 aromatic rings. The molecule has 2 unspecified atom stereocenters. The Kier molecular flexibility index (Phi) is 6.32. The van der Waals surface area contributed by atoms with Gasteiger partial charge in [-0.05, 0) is 75.2 Å². The Labute approximate surface area is 264 Å². The third kappa shape index (κ3) is 4.67. The molecule has 10 nitrogen and oxygen atoms in total. The van der Waals surface area contributed by atoms with Crippen LogP contribution in [0, 0.1) is 0 Å². The highest BCUT2D eigenvalue weighted by Gasteiger charge is 2.46. The lowest BCUT2D eigenvalue weighted by molar-refractivity contribution is 0.0214. The van der Waals surface area contributed by atoms with Crippen LogP contribution >= 0.6 is 11.6 Å². The maximum atomic E-state index is 12.8. The standard InChI is InChI=1S/C34H31ClN8O2/c1-34(2,3)45-33(44)42-19-22-15-23(42)18-41(22)21-7-8-25(27(35)16-21)29-11-14-37-32-30(24-5-4-6-28-26(24)17-38-39-28)31(40-43(29)32)20-9-12-36-13-10-20/h4-14,16-17,22-23H,15,18-19H2,1-3H3,(H,38,39). The third-order valence-electron chi connectivity index (χ3n) is 8.66. The number of benzene rings is 2. The van der Waals surface area contributed by atoms with Crippen LogP contribution in [0.15, 0.2) is 79.4 Å². The molecule has 2 saturated heterocycles. The number of aromatic nitrogens is 6. The summed E-state index contributed by atoms with van der Waals surface area (Å²) in [6.45, 7) is 7.08. The summed E-state index contributed by atoms with van der Waals surface area (Å²) >= 11 is 7.05. The van der Waals surface area contributed by atoms with Gasteiger partial charge in [0, 0.05) is 59.9 Å². The first-order chi connectivity index (χ1) is 21.7. The molecule has 0 radical (unpaired) electrons. The van der Waals surface area contributed by atoms with Gasteiger partial charge in [-0.25, -0.2) is 14.3 Å². The average Bonchev–Trinajstić information content (AvgIpc) is 3.83. The van der Waals surface area contributed by atoms with Crippen molar-refractivity contribution in [2.45, 2.75) is 44.9 Å². The van der Waals surface area contributed by atoms with Gasteiger partial charge in [0.2, 0.25) is 0 Å². The average molecular weight is 619 g/mol. The van der Waals surface area contributed by atoms with E-state index in [-0.39, 0.29) is 18.2 Å². The van der Waals surface area contributed by atoms with Gasteiger partial charge < -0.3 is 14.5 Å². The molecule has 8 rings (SSSR count). The number of hydrogen-bond acceptors (Lipinski definition) is 7. The molecule has 2 aliphatic rings. The summed E-state index contributed by atoms with van der Waals surface area (Å²) in [5.41, 5.74) is 7.48. The summed E-state index contributed by atoms with van der Waals surface area (Å²) in [6.07, 6.45) is 7.85. The molecule has 0 aliphatic carbocycles. The number of anilines is 1. The van der Waals surface area contributed by atoms with Crippen LogP contribution in [0.4, 0.5) is 10.5 Å². The molecule has 0 saturated carbocycles. The minimum absolute atomic E-state index is 0.122. The van der Waals surface area contributed by atoms with Crippen LogP contribution in [0.3, 0.4) is 0 Å². The number of hydrogen-bond donors (Lipinski definition) is 1. The van der Waals surface area contributed by atoms with Crippen molar-refractivity contribution in [2.75, 3.05) is 18.0 Å². The Morgan fingerprint density at radius 2 is 1.84 bits per heavy atom. The molecule has 2 fully saturated rings. The summed E-state index contributed by atoms with van der Waals surface area (Å²) in [6, 6.07) is 18.4. The number of ether oxygens (including phenoxy) is 1. The zero-order valence-electron chi connectivity index (χ0n) is 25.1. The fourth-order valence-corrected chi connectivity index (χ4v) is 6.98. The van der Waals surface area contributed by atoms with Crippen LogP contribution < -0.4 is 4.90 Å². The minimum atomic E-state index is -0.513. The first kappa shape index (κ1) is 27.6. The van der Waals surface area contributed by atoms with E-state index in [2.05, 4.69) is 32.2 Å². The van der Waals surface area contributed by atoms with Gasteiger partial charge in [-0.3, -0.25) is 10.1 Å². The second-order valence-corrected chi connectivity index (χ2v) is 13.1. The molecule has 226 valence electrons. The first-order valence-corrected chi connectivity index (χ1v) is 15.4. The van der Waals surface area contributed by atoms with Gasteiger partial charge in [-0.15, -0.1) is 0 Å². The molecule has 11 heteroatoms. The maximum absolute atomic E-state index is 12.8. The summed E-state index contributed by atoms with van der Waals surface area (Å²) in [4.78, 5) is 26.0. The Hall–Kier alpha value is -4.96. The smallest absolute Gasteiger partial charge is 0.410 e. The van der Waals surface area contributed by atoms with Gasteiger partial charge in [0.25, 0.3) is 0 Å². The molecule has 2 bridgehead atoms. The lowest BCUT2D eigenvalue weighted by atomic mass is 9.99. The predicted molar refractivity (Wildman–Crippen MR) is 174 cm³/mol. The van der Waals surface area contributed by atoms with E-state index in [1.165, 1.54) is 0 Å².